The zero-order chi connectivity index (χ0) is 12.4. The molecule has 0 bridgehead atoms. The summed E-state index contributed by atoms with van der Waals surface area (Å²) in [6.07, 6.45) is 2.00. The van der Waals surface area contributed by atoms with E-state index in [1.165, 1.54) is 0 Å². The Morgan fingerprint density at radius 3 is 2.82 bits per heavy atom. The zero-order valence-electron chi connectivity index (χ0n) is 10.5. The normalized spacial score (nSPS) is 34.4. The maximum atomic E-state index is 12.3. The SMILES string of the molecule is CC1CCNC(C(=O)N2CCNC(=O)C2C)C1. The largest absolute Gasteiger partial charge is 0.353 e. The van der Waals surface area contributed by atoms with Crippen molar-refractivity contribution in [3.8, 4) is 0 Å². The summed E-state index contributed by atoms with van der Waals surface area (Å²) < 4.78 is 0. The van der Waals surface area contributed by atoms with Crippen LogP contribution in [0.15, 0.2) is 0 Å². The van der Waals surface area contributed by atoms with Gasteiger partial charge in [-0.1, -0.05) is 6.92 Å². The molecule has 2 fully saturated rings. The predicted octanol–water partition coefficient (Wildman–Crippen LogP) is -0.279. The summed E-state index contributed by atoms with van der Waals surface area (Å²) >= 11 is 0. The molecule has 2 aliphatic rings. The smallest absolute Gasteiger partial charge is 0.242 e. The lowest BCUT2D eigenvalue weighted by Gasteiger charge is -2.37. The molecule has 0 aromatic heterocycles. The van der Waals surface area contributed by atoms with Crippen LogP contribution in [0.2, 0.25) is 0 Å². The second-order valence-corrected chi connectivity index (χ2v) is 5.13. The molecule has 0 aromatic rings. The number of piperazine rings is 1. The van der Waals surface area contributed by atoms with Gasteiger partial charge in [0, 0.05) is 13.1 Å². The summed E-state index contributed by atoms with van der Waals surface area (Å²) in [5.41, 5.74) is 0. The zero-order valence-corrected chi connectivity index (χ0v) is 10.5. The maximum absolute atomic E-state index is 12.3. The summed E-state index contributed by atoms with van der Waals surface area (Å²) in [4.78, 5) is 25.6. The Morgan fingerprint density at radius 1 is 1.35 bits per heavy atom. The van der Waals surface area contributed by atoms with Crippen molar-refractivity contribution < 1.29 is 9.59 Å². The van der Waals surface area contributed by atoms with E-state index in [1.807, 2.05) is 0 Å². The maximum Gasteiger partial charge on any atom is 0.242 e. The van der Waals surface area contributed by atoms with Crippen LogP contribution in [-0.4, -0.2) is 48.4 Å². The highest BCUT2D eigenvalue weighted by molar-refractivity contribution is 5.90. The van der Waals surface area contributed by atoms with E-state index in [4.69, 9.17) is 0 Å². The lowest BCUT2D eigenvalue weighted by Crippen LogP contribution is -2.60. The fraction of sp³-hybridized carbons (Fsp3) is 0.833. The van der Waals surface area contributed by atoms with Crippen LogP contribution in [0.25, 0.3) is 0 Å². The number of carbonyl (C=O) groups is 2. The predicted molar refractivity (Wildman–Crippen MR) is 64.4 cm³/mol. The van der Waals surface area contributed by atoms with Gasteiger partial charge in [-0.15, -0.1) is 0 Å². The Kier molecular flexibility index (Phi) is 3.66. The molecule has 0 radical (unpaired) electrons. The van der Waals surface area contributed by atoms with Gasteiger partial charge in [0.2, 0.25) is 11.8 Å². The molecule has 0 saturated carbocycles. The Balaban J connectivity index is 2.00. The number of piperidine rings is 1. The summed E-state index contributed by atoms with van der Waals surface area (Å²) in [5, 5.41) is 6.03. The third-order valence-corrected chi connectivity index (χ3v) is 3.75. The minimum Gasteiger partial charge on any atom is -0.353 e. The standard InChI is InChI=1S/C12H21N3O2/c1-8-3-4-13-10(7-8)12(17)15-6-5-14-11(16)9(15)2/h8-10,13H,3-7H2,1-2H3,(H,14,16). The van der Waals surface area contributed by atoms with Crippen molar-refractivity contribution in [3.05, 3.63) is 0 Å². The lowest BCUT2D eigenvalue weighted by atomic mass is 9.93. The minimum atomic E-state index is -0.338. The van der Waals surface area contributed by atoms with E-state index in [-0.39, 0.29) is 23.9 Å². The van der Waals surface area contributed by atoms with Gasteiger partial charge in [-0.25, -0.2) is 0 Å². The van der Waals surface area contributed by atoms with Gasteiger partial charge in [-0.2, -0.15) is 0 Å². The van der Waals surface area contributed by atoms with Crippen LogP contribution < -0.4 is 10.6 Å². The first-order valence-electron chi connectivity index (χ1n) is 6.41. The van der Waals surface area contributed by atoms with Crippen LogP contribution in [0.3, 0.4) is 0 Å². The first kappa shape index (κ1) is 12.4. The third kappa shape index (κ3) is 2.60. The molecule has 0 aromatic carbocycles. The number of carbonyl (C=O) groups excluding carboxylic acids is 2. The van der Waals surface area contributed by atoms with Gasteiger partial charge in [-0.05, 0) is 32.2 Å². The molecule has 2 amide bonds. The second-order valence-electron chi connectivity index (χ2n) is 5.13. The van der Waals surface area contributed by atoms with Crippen molar-refractivity contribution in [2.45, 2.75) is 38.8 Å². The molecule has 5 nitrogen and oxygen atoms in total. The first-order valence-corrected chi connectivity index (χ1v) is 6.41. The van der Waals surface area contributed by atoms with Crippen molar-refractivity contribution in [2.24, 2.45) is 5.92 Å². The molecule has 2 N–H and O–H groups in total. The Bertz CT molecular complexity index is 319. The van der Waals surface area contributed by atoms with Crippen molar-refractivity contribution in [2.75, 3.05) is 19.6 Å². The molecule has 3 atom stereocenters. The first-order chi connectivity index (χ1) is 8.09. The number of amides is 2. The lowest BCUT2D eigenvalue weighted by molar-refractivity contribution is -0.144. The van der Waals surface area contributed by atoms with Crippen molar-refractivity contribution >= 4 is 11.8 Å². The molecule has 2 aliphatic heterocycles. The molecule has 5 heteroatoms. The molecule has 96 valence electrons. The fourth-order valence-electron chi connectivity index (χ4n) is 2.58. The van der Waals surface area contributed by atoms with Gasteiger partial charge in [0.25, 0.3) is 0 Å². The van der Waals surface area contributed by atoms with E-state index in [0.29, 0.717) is 19.0 Å². The molecule has 17 heavy (non-hydrogen) atoms. The van der Waals surface area contributed by atoms with Crippen LogP contribution in [-0.2, 0) is 9.59 Å². The molecular weight excluding hydrogens is 218 g/mol. The van der Waals surface area contributed by atoms with Crippen molar-refractivity contribution in [1.82, 2.24) is 15.5 Å². The van der Waals surface area contributed by atoms with E-state index < -0.39 is 0 Å². The molecule has 2 rings (SSSR count). The summed E-state index contributed by atoms with van der Waals surface area (Å²) in [6.45, 7) is 6.05. The quantitative estimate of drug-likeness (QED) is 0.661. The van der Waals surface area contributed by atoms with E-state index in [9.17, 15) is 9.59 Å². The fourth-order valence-corrected chi connectivity index (χ4v) is 2.58. The van der Waals surface area contributed by atoms with Gasteiger partial charge in [-0.3, -0.25) is 9.59 Å². The number of rotatable bonds is 1. The molecule has 2 saturated heterocycles. The third-order valence-electron chi connectivity index (χ3n) is 3.75. The molecular formula is C12H21N3O2. The highest BCUT2D eigenvalue weighted by Crippen LogP contribution is 2.18. The van der Waals surface area contributed by atoms with Crippen molar-refractivity contribution in [3.63, 3.8) is 0 Å². The number of hydrogen-bond acceptors (Lipinski definition) is 3. The van der Waals surface area contributed by atoms with Crippen LogP contribution in [0.1, 0.15) is 26.7 Å². The number of nitrogens with one attached hydrogen (secondary N) is 2. The molecule has 0 aliphatic carbocycles. The monoisotopic (exact) mass is 239 g/mol. The average Bonchev–Trinajstić information content (AvgIpc) is 2.32. The van der Waals surface area contributed by atoms with E-state index in [1.54, 1.807) is 11.8 Å². The van der Waals surface area contributed by atoms with Gasteiger partial charge in [0.05, 0.1) is 6.04 Å². The van der Waals surface area contributed by atoms with Gasteiger partial charge < -0.3 is 15.5 Å². The van der Waals surface area contributed by atoms with Crippen LogP contribution >= 0.6 is 0 Å². The van der Waals surface area contributed by atoms with E-state index in [2.05, 4.69) is 17.6 Å². The van der Waals surface area contributed by atoms with E-state index in [0.717, 1.165) is 19.4 Å². The Morgan fingerprint density at radius 2 is 2.12 bits per heavy atom. The topological polar surface area (TPSA) is 61.4 Å². The number of nitrogens with zero attached hydrogens (tertiary/aromatic N) is 1. The van der Waals surface area contributed by atoms with Crippen molar-refractivity contribution in [1.29, 1.82) is 0 Å². The second kappa shape index (κ2) is 5.04. The molecule has 3 unspecified atom stereocenters. The minimum absolute atomic E-state index is 0.0477. The average molecular weight is 239 g/mol. The number of hydrogen-bond donors (Lipinski definition) is 2. The summed E-state index contributed by atoms with van der Waals surface area (Å²) in [5.74, 6) is 0.617. The molecule has 0 spiro atoms. The Labute approximate surface area is 102 Å². The summed E-state index contributed by atoms with van der Waals surface area (Å²) in [6, 6.07) is -0.442. The summed E-state index contributed by atoms with van der Waals surface area (Å²) in [7, 11) is 0. The highest BCUT2D eigenvalue weighted by Gasteiger charge is 2.34. The Hall–Kier alpha value is -1.10. The van der Waals surface area contributed by atoms with Gasteiger partial charge in [0.15, 0.2) is 0 Å². The van der Waals surface area contributed by atoms with E-state index >= 15 is 0 Å². The van der Waals surface area contributed by atoms with Crippen LogP contribution in [0.5, 0.6) is 0 Å². The highest BCUT2D eigenvalue weighted by atomic mass is 16.2. The van der Waals surface area contributed by atoms with Gasteiger partial charge >= 0.3 is 0 Å². The molecule has 2 heterocycles. The van der Waals surface area contributed by atoms with Gasteiger partial charge in [0.1, 0.15) is 6.04 Å². The van der Waals surface area contributed by atoms with Crippen LogP contribution in [0.4, 0.5) is 0 Å². The van der Waals surface area contributed by atoms with Crippen LogP contribution in [0, 0.1) is 5.92 Å².